The maximum Gasteiger partial charge on any atom is 0.308 e. The highest BCUT2D eigenvalue weighted by molar-refractivity contribution is 5.84. The van der Waals surface area contributed by atoms with E-state index in [1.807, 2.05) is 0 Å². The van der Waals surface area contributed by atoms with Crippen molar-refractivity contribution in [3.8, 4) is 12.1 Å². The van der Waals surface area contributed by atoms with Crippen LogP contribution in [-0.2, 0) is 0 Å². The van der Waals surface area contributed by atoms with Gasteiger partial charge in [-0.3, -0.25) is 5.32 Å². The Morgan fingerprint density at radius 2 is 1.09 bits per heavy atom. The summed E-state index contributed by atoms with van der Waals surface area (Å²) in [7, 11) is 0. The highest BCUT2D eigenvalue weighted by atomic mass is 15.2. The van der Waals surface area contributed by atoms with Gasteiger partial charge in [0.15, 0.2) is 11.4 Å². The lowest BCUT2D eigenvalue weighted by atomic mass is 10.3. The van der Waals surface area contributed by atoms with E-state index >= 15 is 0 Å². The van der Waals surface area contributed by atoms with Gasteiger partial charge < -0.3 is 15.0 Å². The van der Waals surface area contributed by atoms with Crippen LogP contribution in [0.1, 0.15) is 11.4 Å². The van der Waals surface area contributed by atoms with Gasteiger partial charge in [-0.25, -0.2) is 9.97 Å². The molecule has 0 amide bonds. The molecule has 0 unspecified atom stereocenters. The van der Waals surface area contributed by atoms with Gasteiger partial charge in [0, 0.05) is 0 Å². The van der Waals surface area contributed by atoms with Crippen molar-refractivity contribution in [3.63, 3.8) is 0 Å². The minimum Gasteiger partial charge on any atom is -0.358 e. The van der Waals surface area contributed by atoms with Crippen molar-refractivity contribution in [2.75, 3.05) is 10.6 Å². The van der Waals surface area contributed by atoms with E-state index < -0.39 is 0 Å². The van der Waals surface area contributed by atoms with E-state index in [0.29, 0.717) is 0 Å². The summed E-state index contributed by atoms with van der Waals surface area (Å²) in [5.41, 5.74) is -0.254. The molecular formula is C12H2N10. The number of nitrogens with one attached hydrogen (secondary N) is 2. The summed E-state index contributed by atoms with van der Waals surface area (Å²) in [6.07, 6.45) is 0. The van der Waals surface area contributed by atoms with Gasteiger partial charge in [-0.05, 0) is 0 Å². The molecule has 1 aliphatic rings. The second-order valence-corrected chi connectivity index (χ2v) is 3.88. The van der Waals surface area contributed by atoms with Crippen LogP contribution in [0.15, 0.2) is 0 Å². The van der Waals surface area contributed by atoms with Crippen molar-refractivity contribution in [3.05, 3.63) is 34.2 Å². The number of nitriles is 2. The van der Waals surface area contributed by atoms with Crippen LogP contribution in [0, 0.1) is 35.8 Å². The fourth-order valence-electron chi connectivity index (χ4n) is 1.73. The first-order valence-corrected chi connectivity index (χ1v) is 5.63. The van der Waals surface area contributed by atoms with Gasteiger partial charge in [-0.15, -0.1) is 0 Å². The molecule has 3 rings (SSSR count). The van der Waals surface area contributed by atoms with Crippen LogP contribution in [0.5, 0.6) is 0 Å². The molecule has 10 heteroatoms. The van der Waals surface area contributed by atoms with Crippen LogP contribution in [-0.4, -0.2) is 19.9 Å². The summed E-state index contributed by atoms with van der Waals surface area (Å²) in [6.45, 7) is 14.0. The lowest BCUT2D eigenvalue weighted by Crippen LogP contribution is -2.13. The zero-order valence-electron chi connectivity index (χ0n) is 10.6. The summed E-state index contributed by atoms with van der Waals surface area (Å²) in [6, 6.07) is 3.56. The molecule has 2 aromatic heterocycles. The van der Waals surface area contributed by atoms with Gasteiger partial charge >= 0.3 is 11.6 Å². The van der Waals surface area contributed by atoms with Crippen molar-refractivity contribution in [2.24, 2.45) is 0 Å². The van der Waals surface area contributed by atoms with Crippen LogP contribution in [0.3, 0.4) is 0 Å². The van der Waals surface area contributed by atoms with Gasteiger partial charge in [0.05, 0.1) is 0 Å². The molecule has 0 saturated carbocycles. The molecule has 2 N–H and O–H groups in total. The van der Waals surface area contributed by atoms with Crippen LogP contribution in [0.25, 0.3) is 9.69 Å². The summed E-state index contributed by atoms with van der Waals surface area (Å²) < 4.78 is 0. The Labute approximate surface area is 123 Å². The highest BCUT2D eigenvalue weighted by Crippen LogP contribution is 2.36. The number of fused-ring (bicyclic) bond motifs is 2. The summed E-state index contributed by atoms with van der Waals surface area (Å²) >= 11 is 0. The smallest absolute Gasteiger partial charge is 0.308 e. The van der Waals surface area contributed by atoms with E-state index in [2.05, 4.69) is 40.3 Å². The molecule has 0 saturated heterocycles. The Balaban J connectivity index is 2.16. The summed E-state index contributed by atoms with van der Waals surface area (Å²) in [5, 5.41) is 23.4. The number of anilines is 4. The van der Waals surface area contributed by atoms with E-state index in [-0.39, 0.29) is 46.3 Å². The Kier molecular flexibility index (Phi) is 2.71. The standard InChI is InChI=1S/C12H2N10/c1-15-7-5(3-13)17-9-11(19-7)22-12-10(21-9)18-6(4-14)8(16-2)20-12/h(H,17,18,21)(H,19,20,22). The second-order valence-electron chi connectivity index (χ2n) is 3.88. The Morgan fingerprint density at radius 1 is 0.727 bits per heavy atom. The minimum atomic E-state index is -0.147. The number of hydrogen-bond acceptors (Lipinski definition) is 8. The SMILES string of the molecule is [C-]#[N+]c1nc2c(nc1C#N)Nc1nc(C#N)c([N+]#[C-])nc1N2. The fraction of sp³-hybridized carbons (Fsp3) is 0. The molecule has 0 atom stereocenters. The maximum atomic E-state index is 8.95. The van der Waals surface area contributed by atoms with Gasteiger partial charge in [0.2, 0.25) is 11.6 Å². The quantitative estimate of drug-likeness (QED) is 0.599. The second kappa shape index (κ2) is 4.68. The third-order valence-corrected chi connectivity index (χ3v) is 2.65. The largest absolute Gasteiger partial charge is 0.358 e. The Bertz CT molecular complexity index is 820. The molecule has 10 nitrogen and oxygen atoms in total. The minimum absolute atomic E-state index is 0.127. The van der Waals surface area contributed by atoms with E-state index in [1.54, 1.807) is 12.1 Å². The fourth-order valence-corrected chi connectivity index (χ4v) is 1.73. The molecule has 100 valence electrons. The van der Waals surface area contributed by atoms with Gasteiger partial charge in [0.25, 0.3) is 11.6 Å². The van der Waals surface area contributed by atoms with Gasteiger partial charge in [-0.1, -0.05) is 23.1 Å². The molecule has 3 heterocycles. The molecule has 0 aliphatic carbocycles. The van der Waals surface area contributed by atoms with E-state index in [0.717, 1.165) is 0 Å². The molecular weight excluding hydrogens is 284 g/mol. The van der Waals surface area contributed by atoms with Crippen LogP contribution >= 0.6 is 0 Å². The molecule has 0 aromatic carbocycles. The summed E-state index contributed by atoms with van der Waals surface area (Å²) in [4.78, 5) is 22.2. The average molecular weight is 286 g/mol. The third kappa shape index (κ3) is 1.78. The number of nitrogens with zero attached hydrogens (tertiary/aromatic N) is 8. The van der Waals surface area contributed by atoms with Crippen LogP contribution < -0.4 is 10.6 Å². The molecule has 2 aromatic rings. The lowest BCUT2D eigenvalue weighted by molar-refractivity contribution is 1.11. The van der Waals surface area contributed by atoms with E-state index in [4.69, 9.17) is 23.7 Å². The molecule has 0 bridgehead atoms. The van der Waals surface area contributed by atoms with Crippen molar-refractivity contribution in [2.45, 2.75) is 0 Å². The van der Waals surface area contributed by atoms with Crippen molar-refractivity contribution in [1.82, 2.24) is 19.9 Å². The predicted octanol–water partition coefficient (Wildman–Crippen LogP) is 1.91. The Hall–Kier alpha value is -4.28. The number of hydrogen-bond donors (Lipinski definition) is 2. The summed E-state index contributed by atoms with van der Waals surface area (Å²) in [5.74, 6) is 0.451. The van der Waals surface area contributed by atoms with Gasteiger partial charge in [0.1, 0.15) is 12.1 Å². The first-order chi connectivity index (χ1) is 10.7. The number of aromatic nitrogens is 4. The highest BCUT2D eigenvalue weighted by Gasteiger charge is 2.28. The molecule has 0 fully saturated rings. The number of rotatable bonds is 0. The molecule has 22 heavy (non-hydrogen) atoms. The lowest BCUT2D eigenvalue weighted by Gasteiger charge is -2.15. The topological polar surface area (TPSA) is 132 Å². The van der Waals surface area contributed by atoms with Crippen LogP contribution in [0.2, 0.25) is 0 Å². The first kappa shape index (κ1) is 12.7. The van der Waals surface area contributed by atoms with Crippen LogP contribution in [0.4, 0.5) is 34.9 Å². The Morgan fingerprint density at radius 3 is 1.41 bits per heavy atom. The zero-order valence-corrected chi connectivity index (χ0v) is 10.6. The van der Waals surface area contributed by atoms with E-state index in [1.165, 1.54) is 0 Å². The van der Waals surface area contributed by atoms with Gasteiger partial charge in [-0.2, -0.15) is 10.5 Å². The third-order valence-electron chi connectivity index (χ3n) is 2.65. The molecule has 0 spiro atoms. The zero-order chi connectivity index (χ0) is 15.7. The van der Waals surface area contributed by atoms with Crippen molar-refractivity contribution in [1.29, 1.82) is 10.5 Å². The van der Waals surface area contributed by atoms with E-state index in [9.17, 15) is 0 Å². The predicted molar refractivity (Wildman–Crippen MR) is 72.6 cm³/mol. The molecule has 0 radical (unpaired) electrons. The first-order valence-electron chi connectivity index (χ1n) is 5.63. The monoisotopic (exact) mass is 286 g/mol. The average Bonchev–Trinajstić information content (AvgIpc) is 2.57. The maximum absolute atomic E-state index is 8.95. The van der Waals surface area contributed by atoms with Crippen molar-refractivity contribution >= 4 is 34.9 Å². The normalized spacial score (nSPS) is 10.4. The van der Waals surface area contributed by atoms with Crippen molar-refractivity contribution < 1.29 is 0 Å². The molecule has 1 aliphatic heterocycles.